The lowest BCUT2D eigenvalue weighted by Crippen LogP contribution is -2.21. The fourth-order valence-corrected chi connectivity index (χ4v) is 2.77. The molecule has 0 amide bonds. The summed E-state index contributed by atoms with van der Waals surface area (Å²) in [4.78, 5) is 13.7. The number of fused-ring (bicyclic) bond motifs is 1. The number of aryl methyl sites for hydroxylation is 1. The molecule has 0 bridgehead atoms. The first-order valence-electron chi connectivity index (χ1n) is 6.61. The first-order chi connectivity index (χ1) is 8.56. The Kier molecular flexibility index (Phi) is 4.02. The smallest absolute Gasteiger partial charge is 0.146 e. The van der Waals surface area contributed by atoms with E-state index in [1.165, 1.54) is 11.1 Å². The molecule has 1 aromatic carbocycles. The summed E-state index contributed by atoms with van der Waals surface area (Å²) in [6, 6.07) is 6.19. The van der Waals surface area contributed by atoms with Gasteiger partial charge in [0.05, 0.1) is 6.54 Å². The van der Waals surface area contributed by atoms with Gasteiger partial charge in [-0.15, -0.1) is 0 Å². The Bertz CT molecular complexity index is 440. The maximum Gasteiger partial charge on any atom is 0.146 e. The molecule has 1 aliphatic rings. The van der Waals surface area contributed by atoms with Crippen molar-refractivity contribution in [1.29, 1.82) is 0 Å². The van der Waals surface area contributed by atoms with Crippen molar-refractivity contribution >= 4 is 11.5 Å². The predicted octanol–water partition coefficient (Wildman–Crippen LogP) is 2.21. The summed E-state index contributed by atoms with van der Waals surface area (Å²) in [7, 11) is 3.87. The molecular formula is C15H22N2O. The predicted molar refractivity (Wildman–Crippen MR) is 74.7 cm³/mol. The molecule has 1 aliphatic carbocycles. The summed E-state index contributed by atoms with van der Waals surface area (Å²) in [5.41, 5.74) is 9.45. The summed E-state index contributed by atoms with van der Waals surface area (Å²) >= 11 is 0. The zero-order chi connectivity index (χ0) is 13.1. The lowest BCUT2D eigenvalue weighted by atomic mass is 9.94. The van der Waals surface area contributed by atoms with Crippen LogP contribution in [-0.2, 0) is 11.2 Å². The summed E-state index contributed by atoms with van der Waals surface area (Å²) in [6.07, 6.45) is 3.93. The van der Waals surface area contributed by atoms with E-state index < -0.39 is 0 Å². The Morgan fingerprint density at radius 1 is 1.44 bits per heavy atom. The molecule has 98 valence electrons. The van der Waals surface area contributed by atoms with Gasteiger partial charge in [-0.25, -0.2) is 0 Å². The van der Waals surface area contributed by atoms with Crippen LogP contribution in [0.3, 0.4) is 0 Å². The van der Waals surface area contributed by atoms with E-state index in [9.17, 15) is 4.79 Å². The number of hydrogen-bond donors (Lipinski definition) is 1. The number of carbonyl (C=O) groups excluding carboxylic acids is 1. The average molecular weight is 246 g/mol. The lowest BCUT2D eigenvalue weighted by molar-refractivity contribution is -0.119. The number of anilines is 1. The van der Waals surface area contributed by atoms with Crippen molar-refractivity contribution in [2.24, 2.45) is 0 Å². The average Bonchev–Trinajstić information content (AvgIpc) is 2.68. The molecule has 0 aromatic heterocycles. The quantitative estimate of drug-likeness (QED) is 0.810. The summed E-state index contributed by atoms with van der Waals surface area (Å²) < 4.78 is 0. The second kappa shape index (κ2) is 5.53. The van der Waals surface area contributed by atoms with Crippen LogP contribution in [0.4, 0.5) is 5.69 Å². The molecule has 0 fully saturated rings. The van der Waals surface area contributed by atoms with Crippen LogP contribution in [0.1, 0.15) is 36.3 Å². The summed E-state index contributed by atoms with van der Waals surface area (Å²) in [5, 5.41) is 0. The summed E-state index contributed by atoms with van der Waals surface area (Å²) in [6.45, 7) is 0.552. The fraction of sp³-hybridized carbons (Fsp3) is 0.533. The Morgan fingerprint density at radius 3 is 2.94 bits per heavy atom. The number of hydrogen-bond acceptors (Lipinski definition) is 3. The Hall–Kier alpha value is -1.35. The topological polar surface area (TPSA) is 46.3 Å². The lowest BCUT2D eigenvalue weighted by Gasteiger charge is -2.13. The number of nitrogen functional groups attached to an aromatic ring is 1. The van der Waals surface area contributed by atoms with Gasteiger partial charge in [0.1, 0.15) is 5.78 Å². The van der Waals surface area contributed by atoms with Gasteiger partial charge in [-0.2, -0.15) is 0 Å². The Balaban J connectivity index is 1.93. The largest absolute Gasteiger partial charge is 0.399 e. The maximum absolute atomic E-state index is 11.7. The van der Waals surface area contributed by atoms with Crippen LogP contribution >= 0.6 is 0 Å². The molecule has 2 N–H and O–H groups in total. The van der Waals surface area contributed by atoms with Gasteiger partial charge in [0, 0.05) is 12.1 Å². The van der Waals surface area contributed by atoms with E-state index >= 15 is 0 Å². The van der Waals surface area contributed by atoms with E-state index in [1.807, 2.05) is 25.1 Å². The van der Waals surface area contributed by atoms with Crippen LogP contribution in [-0.4, -0.2) is 31.3 Å². The zero-order valence-electron chi connectivity index (χ0n) is 11.3. The minimum Gasteiger partial charge on any atom is -0.399 e. The normalized spacial score (nSPS) is 18.1. The first-order valence-corrected chi connectivity index (χ1v) is 6.61. The standard InChI is InChI=1S/C15H22N2O/c1-17(2)10-14(18)8-6-12-4-3-11-5-7-13(16)9-15(11)12/h5,7,9,12H,3-4,6,8,10,16H2,1-2H3. The van der Waals surface area contributed by atoms with Crippen LogP contribution in [0.2, 0.25) is 0 Å². The minimum atomic E-state index is 0.331. The summed E-state index contributed by atoms with van der Waals surface area (Å²) in [5.74, 6) is 0.854. The van der Waals surface area contributed by atoms with E-state index in [1.54, 1.807) is 0 Å². The van der Waals surface area contributed by atoms with E-state index in [-0.39, 0.29) is 0 Å². The van der Waals surface area contributed by atoms with Gasteiger partial charge >= 0.3 is 0 Å². The fourth-order valence-electron chi connectivity index (χ4n) is 2.77. The minimum absolute atomic E-state index is 0.331. The van der Waals surface area contributed by atoms with Gasteiger partial charge in [0.15, 0.2) is 0 Å². The molecule has 3 heteroatoms. The number of nitrogens with two attached hydrogens (primary N) is 1. The number of likely N-dealkylation sites (N-methyl/N-ethyl adjacent to an activating group) is 1. The second-order valence-electron chi connectivity index (χ2n) is 5.51. The van der Waals surface area contributed by atoms with Gasteiger partial charge in [0.25, 0.3) is 0 Å². The Labute approximate surface area is 109 Å². The van der Waals surface area contributed by atoms with E-state index in [2.05, 4.69) is 12.1 Å². The molecule has 0 saturated carbocycles. The van der Waals surface area contributed by atoms with Gasteiger partial charge < -0.3 is 10.6 Å². The molecule has 1 atom stereocenters. The Morgan fingerprint density at radius 2 is 2.22 bits per heavy atom. The number of carbonyl (C=O) groups is 1. The van der Waals surface area contributed by atoms with Gasteiger partial charge in [-0.3, -0.25) is 4.79 Å². The van der Waals surface area contributed by atoms with Gasteiger partial charge in [-0.05, 0) is 62.5 Å². The third kappa shape index (κ3) is 3.10. The third-order valence-corrected chi connectivity index (χ3v) is 3.64. The molecule has 0 aliphatic heterocycles. The van der Waals surface area contributed by atoms with E-state index in [0.29, 0.717) is 24.7 Å². The van der Waals surface area contributed by atoms with Crippen LogP contribution in [0.25, 0.3) is 0 Å². The molecule has 0 saturated heterocycles. The molecule has 3 nitrogen and oxygen atoms in total. The third-order valence-electron chi connectivity index (χ3n) is 3.64. The number of ketones is 1. The van der Waals surface area contributed by atoms with Crippen molar-refractivity contribution in [2.75, 3.05) is 26.4 Å². The molecule has 0 heterocycles. The van der Waals surface area contributed by atoms with Crippen molar-refractivity contribution in [1.82, 2.24) is 4.90 Å². The highest BCUT2D eigenvalue weighted by Gasteiger charge is 2.23. The van der Waals surface area contributed by atoms with Crippen LogP contribution in [0.15, 0.2) is 18.2 Å². The number of rotatable bonds is 5. The molecule has 1 aromatic rings. The SMILES string of the molecule is CN(C)CC(=O)CCC1CCc2ccc(N)cc21. The monoisotopic (exact) mass is 246 g/mol. The number of nitrogens with zero attached hydrogens (tertiary/aromatic N) is 1. The number of benzene rings is 1. The van der Waals surface area contributed by atoms with Crippen molar-refractivity contribution in [3.05, 3.63) is 29.3 Å². The molecule has 0 radical (unpaired) electrons. The second-order valence-corrected chi connectivity index (χ2v) is 5.51. The van der Waals surface area contributed by atoms with Crippen LogP contribution < -0.4 is 5.73 Å². The maximum atomic E-state index is 11.7. The van der Waals surface area contributed by atoms with Gasteiger partial charge in [-0.1, -0.05) is 6.07 Å². The van der Waals surface area contributed by atoms with Crippen LogP contribution in [0.5, 0.6) is 0 Å². The molecule has 18 heavy (non-hydrogen) atoms. The van der Waals surface area contributed by atoms with Crippen molar-refractivity contribution in [3.8, 4) is 0 Å². The highest BCUT2D eigenvalue weighted by Crippen LogP contribution is 2.37. The van der Waals surface area contributed by atoms with E-state index in [4.69, 9.17) is 5.73 Å². The van der Waals surface area contributed by atoms with Crippen molar-refractivity contribution in [3.63, 3.8) is 0 Å². The van der Waals surface area contributed by atoms with Crippen molar-refractivity contribution < 1.29 is 4.79 Å². The van der Waals surface area contributed by atoms with E-state index in [0.717, 1.165) is 24.9 Å². The molecule has 2 rings (SSSR count). The molecular weight excluding hydrogens is 224 g/mol. The molecule has 1 unspecified atom stereocenters. The molecule has 0 spiro atoms. The number of Topliss-reactive ketones (excluding diaryl/α,β-unsaturated/α-hetero) is 1. The van der Waals surface area contributed by atoms with Crippen LogP contribution in [0, 0.1) is 0 Å². The van der Waals surface area contributed by atoms with Gasteiger partial charge in [0.2, 0.25) is 0 Å². The van der Waals surface area contributed by atoms with Crippen molar-refractivity contribution in [2.45, 2.75) is 31.6 Å². The highest BCUT2D eigenvalue weighted by molar-refractivity contribution is 5.80. The zero-order valence-corrected chi connectivity index (χ0v) is 11.3. The first kappa shape index (κ1) is 13.1. The highest BCUT2D eigenvalue weighted by atomic mass is 16.1.